The predicted molar refractivity (Wildman–Crippen MR) is 225 cm³/mol. The van der Waals surface area contributed by atoms with Crippen LogP contribution in [0.15, 0.2) is 117 Å². The average molecular weight is 787 g/mol. The van der Waals surface area contributed by atoms with E-state index in [9.17, 15) is 19.2 Å². The molecule has 0 aliphatic heterocycles. The van der Waals surface area contributed by atoms with Gasteiger partial charge in [-0.1, -0.05) is 25.7 Å². The van der Waals surface area contributed by atoms with Crippen molar-refractivity contribution in [3.63, 3.8) is 0 Å². The maximum atomic E-state index is 12.4. The van der Waals surface area contributed by atoms with Gasteiger partial charge in [-0.15, -0.1) is 0 Å². The summed E-state index contributed by atoms with van der Waals surface area (Å²) in [6, 6.07) is 28.4. The van der Waals surface area contributed by atoms with E-state index in [1.165, 1.54) is 13.8 Å². The summed E-state index contributed by atoms with van der Waals surface area (Å²) >= 11 is 0. The van der Waals surface area contributed by atoms with Gasteiger partial charge in [0.05, 0.1) is 22.8 Å². The van der Waals surface area contributed by atoms with Crippen LogP contribution < -0.4 is 18.9 Å². The smallest absolute Gasteiger partial charge is 0.311 e. The molecule has 0 aliphatic carbocycles. The monoisotopic (exact) mass is 786 g/mol. The highest BCUT2D eigenvalue weighted by atomic mass is 16.5. The first-order valence-electron chi connectivity index (χ1n) is 19.2. The SMILES string of the molecule is CC(=O)Oc1ccc(/C(C)=N/N=C(\C)c2ccc(OC(=O)CCCCCCCCC(=O)Oc3ccc(/C(C)=N/N=C(\C)c4ccc(OC(C)=O)cc4)cc3)cc2)cc1. The fraction of sp³-hybridized carbons (Fsp3) is 0.304. The van der Waals surface area contributed by atoms with Gasteiger partial charge in [0.25, 0.3) is 0 Å². The topological polar surface area (TPSA) is 155 Å². The lowest BCUT2D eigenvalue weighted by Gasteiger charge is -2.07. The summed E-state index contributed by atoms with van der Waals surface area (Å²) < 4.78 is 21.2. The molecule has 0 atom stereocenters. The van der Waals surface area contributed by atoms with Crippen molar-refractivity contribution in [3.8, 4) is 23.0 Å². The normalized spacial score (nSPS) is 12.2. The van der Waals surface area contributed by atoms with E-state index in [4.69, 9.17) is 18.9 Å². The van der Waals surface area contributed by atoms with E-state index in [1.807, 2.05) is 76.2 Å². The average Bonchev–Trinajstić information content (AvgIpc) is 3.20. The minimum absolute atomic E-state index is 0.277. The molecule has 4 aromatic carbocycles. The molecule has 0 fully saturated rings. The van der Waals surface area contributed by atoms with Crippen molar-refractivity contribution < 1.29 is 38.1 Å². The summed E-state index contributed by atoms with van der Waals surface area (Å²) in [7, 11) is 0. The van der Waals surface area contributed by atoms with Gasteiger partial charge in [0.2, 0.25) is 0 Å². The molecule has 4 aromatic rings. The Balaban J connectivity index is 1.07. The Hall–Kier alpha value is -6.56. The van der Waals surface area contributed by atoms with Crippen molar-refractivity contribution in [3.05, 3.63) is 119 Å². The maximum absolute atomic E-state index is 12.4. The van der Waals surface area contributed by atoms with Crippen molar-refractivity contribution in [1.82, 2.24) is 0 Å². The van der Waals surface area contributed by atoms with Crippen LogP contribution in [0.2, 0.25) is 0 Å². The lowest BCUT2D eigenvalue weighted by Crippen LogP contribution is -2.08. The molecule has 0 amide bonds. The Kier molecular flexibility index (Phi) is 17.4. The number of unbranched alkanes of at least 4 members (excludes halogenated alkanes) is 5. The summed E-state index contributed by atoms with van der Waals surface area (Å²) in [5.74, 6) is 0.580. The molecule has 0 unspecified atom stereocenters. The number of hydrogen-bond acceptors (Lipinski definition) is 12. The zero-order chi connectivity index (χ0) is 41.9. The molecule has 0 N–H and O–H groups in total. The highest BCUT2D eigenvalue weighted by molar-refractivity contribution is 6.03. The van der Waals surface area contributed by atoms with E-state index < -0.39 is 0 Å². The zero-order valence-corrected chi connectivity index (χ0v) is 33.9. The summed E-state index contributed by atoms with van der Waals surface area (Å²) in [6.07, 6.45) is 5.84. The Labute approximate surface area is 339 Å². The molecule has 0 aliphatic rings. The minimum atomic E-state index is -0.375. The second kappa shape index (κ2) is 22.9. The molecule has 0 spiro atoms. The lowest BCUT2D eigenvalue weighted by atomic mass is 10.1. The number of benzene rings is 4. The number of nitrogens with zero attached hydrogens (tertiary/aromatic N) is 4. The molecule has 0 aromatic heterocycles. The summed E-state index contributed by atoms with van der Waals surface area (Å²) in [5.41, 5.74) is 6.24. The quantitative estimate of drug-likeness (QED) is 0.0299. The molecular formula is C46H50N4O8. The van der Waals surface area contributed by atoms with Gasteiger partial charge in [-0.25, -0.2) is 0 Å². The van der Waals surface area contributed by atoms with Gasteiger partial charge in [-0.2, -0.15) is 20.4 Å². The van der Waals surface area contributed by atoms with Crippen molar-refractivity contribution in [2.24, 2.45) is 20.4 Å². The van der Waals surface area contributed by atoms with Crippen LogP contribution in [0.25, 0.3) is 0 Å². The first-order valence-corrected chi connectivity index (χ1v) is 19.2. The maximum Gasteiger partial charge on any atom is 0.311 e. The van der Waals surface area contributed by atoms with Gasteiger partial charge in [0.1, 0.15) is 23.0 Å². The van der Waals surface area contributed by atoms with Gasteiger partial charge < -0.3 is 18.9 Å². The second-order valence-corrected chi connectivity index (χ2v) is 13.6. The fourth-order valence-corrected chi connectivity index (χ4v) is 5.53. The van der Waals surface area contributed by atoms with Crippen LogP contribution in [0.1, 0.15) is 115 Å². The molecular weight excluding hydrogens is 737 g/mol. The van der Waals surface area contributed by atoms with Crippen LogP contribution in [0.4, 0.5) is 0 Å². The van der Waals surface area contributed by atoms with Crippen LogP contribution in [0.3, 0.4) is 0 Å². The fourth-order valence-electron chi connectivity index (χ4n) is 5.53. The molecule has 12 heteroatoms. The number of carbonyl (C=O) groups is 4. The number of esters is 4. The van der Waals surface area contributed by atoms with Gasteiger partial charge in [-0.05, 0) is 160 Å². The number of carbonyl (C=O) groups excluding carboxylic acids is 4. The van der Waals surface area contributed by atoms with Crippen molar-refractivity contribution >= 4 is 46.7 Å². The van der Waals surface area contributed by atoms with Gasteiger partial charge in [0, 0.05) is 26.7 Å². The van der Waals surface area contributed by atoms with Gasteiger partial charge >= 0.3 is 23.9 Å². The third kappa shape index (κ3) is 15.5. The molecule has 12 nitrogen and oxygen atoms in total. The van der Waals surface area contributed by atoms with E-state index >= 15 is 0 Å². The van der Waals surface area contributed by atoms with Crippen LogP contribution in [-0.2, 0) is 19.2 Å². The number of ether oxygens (including phenoxy) is 4. The summed E-state index contributed by atoms with van der Waals surface area (Å²) in [4.78, 5) is 47.0. The highest BCUT2D eigenvalue weighted by Gasteiger charge is 2.09. The Morgan fingerprint density at radius 3 is 0.810 bits per heavy atom. The molecule has 0 heterocycles. The minimum Gasteiger partial charge on any atom is -0.427 e. The molecule has 0 bridgehead atoms. The van der Waals surface area contributed by atoms with E-state index in [1.54, 1.807) is 48.5 Å². The molecule has 58 heavy (non-hydrogen) atoms. The van der Waals surface area contributed by atoms with Gasteiger partial charge in [0.15, 0.2) is 0 Å². The lowest BCUT2D eigenvalue weighted by molar-refractivity contribution is -0.135. The summed E-state index contributed by atoms with van der Waals surface area (Å²) in [5, 5.41) is 17.3. The Bertz CT molecular complexity index is 1980. The largest absolute Gasteiger partial charge is 0.427 e. The molecule has 4 rings (SSSR count). The van der Waals surface area contributed by atoms with Crippen molar-refractivity contribution in [1.29, 1.82) is 0 Å². The van der Waals surface area contributed by atoms with Crippen molar-refractivity contribution in [2.45, 2.75) is 92.9 Å². The number of rotatable bonds is 19. The molecule has 302 valence electrons. The van der Waals surface area contributed by atoms with Crippen LogP contribution in [0, 0.1) is 0 Å². The van der Waals surface area contributed by atoms with Crippen LogP contribution in [-0.4, -0.2) is 46.7 Å². The van der Waals surface area contributed by atoms with Crippen LogP contribution >= 0.6 is 0 Å². The molecule has 0 saturated heterocycles. The third-order valence-corrected chi connectivity index (χ3v) is 8.79. The third-order valence-electron chi connectivity index (χ3n) is 8.79. The van der Waals surface area contributed by atoms with Gasteiger partial charge in [-0.3, -0.25) is 19.2 Å². The van der Waals surface area contributed by atoms with E-state index in [-0.39, 0.29) is 23.9 Å². The van der Waals surface area contributed by atoms with E-state index in [0.717, 1.165) is 60.8 Å². The zero-order valence-electron chi connectivity index (χ0n) is 33.9. The highest BCUT2D eigenvalue weighted by Crippen LogP contribution is 2.19. The number of hydrogen-bond donors (Lipinski definition) is 0. The first kappa shape index (κ1) is 44.2. The van der Waals surface area contributed by atoms with Crippen LogP contribution in [0.5, 0.6) is 23.0 Å². The Morgan fingerprint density at radius 1 is 0.345 bits per heavy atom. The predicted octanol–water partition coefficient (Wildman–Crippen LogP) is 9.64. The first-order chi connectivity index (χ1) is 27.9. The standard InChI is InChI=1S/C46H50N4O8/c1-31(37-15-23-41(24-16-37)55-35(5)51)47-49-33(3)39-19-27-43(28-20-39)57-45(53)13-11-9-7-8-10-12-14-46(54)58-44-29-21-40(22-30-44)34(4)50-48-32(2)38-17-25-42(26-18-38)56-36(6)52/h15-30H,7-14H2,1-6H3/b47-31+,48-32+,49-33+,50-34+. The van der Waals surface area contributed by atoms with Crippen molar-refractivity contribution in [2.75, 3.05) is 0 Å². The molecule has 0 radical (unpaired) electrons. The Morgan fingerprint density at radius 2 is 0.569 bits per heavy atom. The van der Waals surface area contributed by atoms with E-state index in [2.05, 4.69) is 20.4 Å². The molecule has 0 saturated carbocycles. The van der Waals surface area contributed by atoms with E-state index in [0.29, 0.717) is 58.7 Å². The second-order valence-electron chi connectivity index (χ2n) is 13.6. The summed E-state index contributed by atoms with van der Waals surface area (Å²) in [6.45, 7) is 10.1.